The molecule has 0 fully saturated rings. The minimum Gasteiger partial charge on any atom is -0.489 e. The Balaban J connectivity index is 2.87. The van der Waals surface area contributed by atoms with Crippen molar-refractivity contribution in [2.45, 2.75) is 6.42 Å². The maximum atomic E-state index is 11.8. The number of ketones is 2. The molecule has 0 radical (unpaired) electrons. The molecule has 0 aliphatic carbocycles. The second kappa shape index (κ2) is 6.34. The number of carbonyl (C=O) groups excluding carboxylic acids is 2. The van der Waals surface area contributed by atoms with Crippen LogP contribution in [0.3, 0.4) is 0 Å². The summed E-state index contributed by atoms with van der Waals surface area (Å²) in [6.45, 7) is 3.70. The molecule has 0 saturated heterocycles. The van der Waals surface area contributed by atoms with Crippen LogP contribution < -0.4 is 4.74 Å². The Hall–Kier alpha value is -2.43. The Morgan fingerprint density at radius 3 is 2.56 bits per heavy atom. The van der Waals surface area contributed by atoms with Crippen molar-refractivity contribution in [3.63, 3.8) is 0 Å². The lowest BCUT2D eigenvalue weighted by molar-refractivity contribution is -0.148. The molecule has 18 heavy (non-hydrogen) atoms. The fourth-order valence-corrected chi connectivity index (χ4v) is 1.29. The van der Waals surface area contributed by atoms with Crippen molar-refractivity contribution < 1.29 is 24.2 Å². The molecule has 0 amide bonds. The second-order valence-corrected chi connectivity index (χ2v) is 3.42. The third-order valence-corrected chi connectivity index (χ3v) is 2.10. The molecule has 0 aliphatic heterocycles. The van der Waals surface area contributed by atoms with E-state index in [1.807, 2.05) is 0 Å². The van der Waals surface area contributed by atoms with Gasteiger partial charge in [-0.25, -0.2) is 4.79 Å². The van der Waals surface area contributed by atoms with Crippen molar-refractivity contribution in [2.75, 3.05) is 6.61 Å². The van der Waals surface area contributed by atoms with E-state index in [1.165, 1.54) is 12.1 Å². The van der Waals surface area contributed by atoms with Gasteiger partial charge in [-0.15, -0.1) is 0 Å². The molecule has 1 N–H and O–H groups in total. The highest BCUT2D eigenvalue weighted by atomic mass is 16.5. The van der Waals surface area contributed by atoms with E-state index in [0.29, 0.717) is 5.75 Å². The molecule has 0 aromatic heterocycles. The summed E-state index contributed by atoms with van der Waals surface area (Å²) in [4.78, 5) is 33.1. The number of hydrogen-bond donors (Lipinski definition) is 1. The maximum Gasteiger partial charge on any atom is 0.372 e. The van der Waals surface area contributed by atoms with Gasteiger partial charge >= 0.3 is 5.97 Å². The summed E-state index contributed by atoms with van der Waals surface area (Å²) in [6, 6.07) is 6.34. The highest BCUT2D eigenvalue weighted by Crippen LogP contribution is 2.19. The van der Waals surface area contributed by atoms with Gasteiger partial charge in [0.05, 0.1) is 12.0 Å². The Labute approximate surface area is 104 Å². The zero-order valence-electron chi connectivity index (χ0n) is 9.59. The van der Waals surface area contributed by atoms with E-state index in [2.05, 4.69) is 6.58 Å². The molecular formula is C13H12O5. The van der Waals surface area contributed by atoms with Crippen LogP contribution in [0.5, 0.6) is 5.75 Å². The Morgan fingerprint density at radius 2 is 1.94 bits per heavy atom. The molecule has 0 bridgehead atoms. The highest BCUT2D eigenvalue weighted by Gasteiger charge is 2.20. The SMILES string of the molecule is C=CCOc1ccccc1C(=O)CC(=O)C(=O)O. The van der Waals surface area contributed by atoms with E-state index in [-0.39, 0.29) is 12.2 Å². The number of Topliss-reactive ketones (excluding diaryl/α,β-unsaturated/α-hetero) is 2. The summed E-state index contributed by atoms with van der Waals surface area (Å²) in [6.07, 6.45) is 0.841. The minimum absolute atomic E-state index is 0.189. The van der Waals surface area contributed by atoms with Crippen LogP contribution in [0.25, 0.3) is 0 Å². The number of rotatable bonds is 7. The number of carboxylic acid groups (broad SMARTS) is 1. The van der Waals surface area contributed by atoms with Crippen LogP contribution in [0, 0.1) is 0 Å². The van der Waals surface area contributed by atoms with Crippen molar-refractivity contribution in [1.82, 2.24) is 0 Å². The summed E-state index contributed by atoms with van der Waals surface area (Å²) < 4.78 is 5.25. The van der Waals surface area contributed by atoms with Crippen molar-refractivity contribution in [2.24, 2.45) is 0 Å². The molecule has 0 spiro atoms. The van der Waals surface area contributed by atoms with E-state index in [4.69, 9.17) is 9.84 Å². The van der Waals surface area contributed by atoms with Gasteiger partial charge in [0.15, 0.2) is 5.78 Å². The molecule has 5 heteroatoms. The number of carbonyl (C=O) groups is 3. The van der Waals surface area contributed by atoms with Gasteiger partial charge in [0.2, 0.25) is 5.78 Å². The van der Waals surface area contributed by atoms with E-state index < -0.39 is 24.0 Å². The van der Waals surface area contributed by atoms with Crippen LogP contribution in [0.15, 0.2) is 36.9 Å². The third kappa shape index (κ3) is 3.55. The maximum absolute atomic E-state index is 11.8. The fourth-order valence-electron chi connectivity index (χ4n) is 1.29. The molecule has 0 atom stereocenters. The summed E-state index contributed by atoms with van der Waals surface area (Å²) in [7, 11) is 0. The van der Waals surface area contributed by atoms with E-state index >= 15 is 0 Å². The van der Waals surface area contributed by atoms with Gasteiger partial charge in [0.25, 0.3) is 0 Å². The molecule has 1 aromatic carbocycles. The first-order valence-electron chi connectivity index (χ1n) is 5.18. The van der Waals surface area contributed by atoms with Crippen LogP contribution >= 0.6 is 0 Å². The molecule has 94 valence electrons. The molecular weight excluding hydrogens is 236 g/mol. The number of ether oxygens (including phenoxy) is 1. The molecule has 1 aromatic rings. The molecule has 0 saturated carbocycles. The zero-order valence-corrected chi connectivity index (χ0v) is 9.59. The first kappa shape index (κ1) is 13.6. The normalized spacial score (nSPS) is 9.56. The molecule has 5 nitrogen and oxygen atoms in total. The van der Waals surface area contributed by atoms with Crippen molar-refractivity contribution in [1.29, 1.82) is 0 Å². The largest absolute Gasteiger partial charge is 0.489 e. The Kier molecular flexibility index (Phi) is 4.80. The summed E-state index contributed by atoms with van der Waals surface area (Å²) in [5.41, 5.74) is 0.189. The fraction of sp³-hybridized carbons (Fsp3) is 0.154. The number of aliphatic carboxylic acids is 1. The summed E-state index contributed by atoms with van der Waals surface area (Å²) in [5.74, 6) is -3.03. The minimum atomic E-state index is -1.62. The summed E-state index contributed by atoms with van der Waals surface area (Å²) >= 11 is 0. The van der Waals surface area contributed by atoms with Crippen LogP contribution in [0.4, 0.5) is 0 Å². The standard InChI is InChI=1S/C13H12O5/c1-2-7-18-12-6-4-3-5-9(12)10(14)8-11(15)13(16)17/h2-6H,1,7-8H2,(H,16,17). The first-order chi connectivity index (χ1) is 8.56. The number of carboxylic acids is 1. The highest BCUT2D eigenvalue weighted by molar-refractivity contribution is 6.37. The molecule has 1 rings (SSSR count). The van der Waals surface area contributed by atoms with Gasteiger partial charge in [-0.1, -0.05) is 24.8 Å². The average Bonchev–Trinajstić information content (AvgIpc) is 2.36. The summed E-state index contributed by atoms with van der Waals surface area (Å²) in [5, 5.41) is 8.44. The number of hydrogen-bond acceptors (Lipinski definition) is 4. The van der Waals surface area contributed by atoms with Crippen LogP contribution in [-0.4, -0.2) is 29.2 Å². The van der Waals surface area contributed by atoms with Crippen molar-refractivity contribution in [3.8, 4) is 5.75 Å². The Morgan fingerprint density at radius 1 is 1.28 bits per heavy atom. The number of benzene rings is 1. The predicted molar refractivity (Wildman–Crippen MR) is 63.7 cm³/mol. The molecule has 0 heterocycles. The van der Waals surface area contributed by atoms with Gasteiger partial charge in [-0.05, 0) is 12.1 Å². The van der Waals surface area contributed by atoms with Gasteiger partial charge in [-0.3, -0.25) is 9.59 Å². The van der Waals surface area contributed by atoms with Gasteiger partial charge < -0.3 is 9.84 Å². The Bertz CT molecular complexity index is 490. The monoisotopic (exact) mass is 248 g/mol. The predicted octanol–water partition coefficient (Wildman–Crippen LogP) is 1.48. The lowest BCUT2D eigenvalue weighted by Gasteiger charge is -2.08. The van der Waals surface area contributed by atoms with Crippen molar-refractivity contribution in [3.05, 3.63) is 42.5 Å². The van der Waals surface area contributed by atoms with E-state index in [9.17, 15) is 14.4 Å². The first-order valence-corrected chi connectivity index (χ1v) is 5.18. The van der Waals surface area contributed by atoms with E-state index in [0.717, 1.165) is 0 Å². The third-order valence-electron chi connectivity index (χ3n) is 2.10. The smallest absolute Gasteiger partial charge is 0.372 e. The molecule has 0 aliphatic rings. The van der Waals surface area contributed by atoms with Crippen LogP contribution in [0.2, 0.25) is 0 Å². The lowest BCUT2D eigenvalue weighted by atomic mass is 10.1. The second-order valence-electron chi connectivity index (χ2n) is 3.42. The van der Waals surface area contributed by atoms with Crippen molar-refractivity contribution >= 4 is 17.5 Å². The quantitative estimate of drug-likeness (QED) is 0.342. The van der Waals surface area contributed by atoms with Gasteiger partial charge in [0.1, 0.15) is 12.4 Å². The van der Waals surface area contributed by atoms with Crippen LogP contribution in [0.1, 0.15) is 16.8 Å². The van der Waals surface area contributed by atoms with Crippen LogP contribution in [-0.2, 0) is 9.59 Å². The van der Waals surface area contributed by atoms with Gasteiger partial charge in [-0.2, -0.15) is 0 Å². The zero-order chi connectivity index (χ0) is 13.5. The van der Waals surface area contributed by atoms with E-state index in [1.54, 1.807) is 18.2 Å². The molecule has 0 unspecified atom stereocenters. The lowest BCUT2D eigenvalue weighted by Crippen LogP contribution is -2.17. The van der Waals surface area contributed by atoms with Gasteiger partial charge in [0, 0.05) is 0 Å². The number of para-hydroxylation sites is 1. The topological polar surface area (TPSA) is 80.7 Å². The average molecular weight is 248 g/mol.